The predicted octanol–water partition coefficient (Wildman–Crippen LogP) is -3.83. The summed E-state index contributed by atoms with van der Waals surface area (Å²) in [7, 11) is -4.60. The molecule has 0 aromatic carbocycles. The number of carbonyl (C=O) groups is 2. The molecule has 0 saturated carbocycles. The first kappa shape index (κ1) is 18.1. The average molecular weight is 343 g/mol. The van der Waals surface area contributed by atoms with Gasteiger partial charge in [-0.2, -0.15) is 8.42 Å². The van der Waals surface area contributed by atoms with Gasteiger partial charge in [0.25, 0.3) is 11.8 Å². The van der Waals surface area contributed by atoms with Crippen molar-refractivity contribution >= 4 is 39.2 Å². The second kappa shape index (κ2) is 6.85. The Morgan fingerprint density at radius 2 is 2.24 bits per heavy atom. The first-order valence-corrected chi connectivity index (χ1v) is 7.48. The van der Waals surface area contributed by atoms with Crippen LogP contribution >= 0.6 is 11.3 Å². The van der Waals surface area contributed by atoms with E-state index in [1.165, 1.54) is 0 Å². The van der Waals surface area contributed by atoms with Crippen LogP contribution in [0.3, 0.4) is 0 Å². The van der Waals surface area contributed by atoms with Crippen molar-refractivity contribution in [2.24, 2.45) is 5.16 Å². The Hall–Kier alpha value is -0.980. The molecule has 1 aromatic rings. The molecule has 0 spiro atoms. The Morgan fingerprint density at radius 3 is 2.67 bits per heavy atom. The fraction of sp³-hybridized carbons (Fsp3) is 0.222. The standard InChI is InChI=1S/C9H9N3O6S2.Na.H/c13-8(7(11-15)6-2-1-3-19-6)10-5-4-12(9(5)14)20(16,17)18;;/h1-3,5,15H,4H2,(H,10,13)(H,16,17,18);;/q;+1;-1. The van der Waals surface area contributed by atoms with Crippen LogP contribution in [0.1, 0.15) is 6.30 Å². The van der Waals surface area contributed by atoms with E-state index in [-0.39, 0.29) is 47.5 Å². The van der Waals surface area contributed by atoms with E-state index in [9.17, 15) is 18.0 Å². The van der Waals surface area contributed by atoms with E-state index in [1.54, 1.807) is 17.5 Å². The summed E-state index contributed by atoms with van der Waals surface area (Å²) in [5, 5.41) is 15.6. The van der Waals surface area contributed by atoms with Crippen LogP contribution in [0.4, 0.5) is 0 Å². The maximum absolute atomic E-state index is 11.8. The molecule has 1 atom stereocenters. The van der Waals surface area contributed by atoms with Gasteiger partial charge in [-0.1, -0.05) is 11.2 Å². The van der Waals surface area contributed by atoms with Gasteiger partial charge in [-0.25, -0.2) is 4.31 Å². The molecule has 1 unspecified atom stereocenters. The van der Waals surface area contributed by atoms with E-state index in [0.29, 0.717) is 4.88 Å². The molecule has 3 N–H and O–H groups in total. The summed E-state index contributed by atoms with van der Waals surface area (Å²) in [5.41, 5.74) is -0.280. The zero-order chi connectivity index (χ0) is 14.9. The number of hydrogen-bond donors (Lipinski definition) is 3. The molecule has 1 saturated heterocycles. The van der Waals surface area contributed by atoms with Crippen LogP contribution in [0.25, 0.3) is 0 Å². The maximum Gasteiger partial charge on any atom is 1.00 e. The third-order valence-electron chi connectivity index (χ3n) is 2.55. The van der Waals surface area contributed by atoms with Crippen LogP contribution < -0.4 is 34.9 Å². The Kier molecular flexibility index (Phi) is 5.90. The zero-order valence-electron chi connectivity index (χ0n) is 11.8. The summed E-state index contributed by atoms with van der Waals surface area (Å²) >= 11 is 1.16. The minimum Gasteiger partial charge on any atom is -1.00 e. The average Bonchev–Trinajstić information content (AvgIpc) is 2.86. The zero-order valence-corrected chi connectivity index (χ0v) is 14.4. The van der Waals surface area contributed by atoms with Gasteiger partial charge in [0.05, 0.1) is 11.4 Å². The van der Waals surface area contributed by atoms with Gasteiger partial charge in [-0.05, 0) is 11.4 Å². The molecule has 9 nitrogen and oxygen atoms in total. The Morgan fingerprint density at radius 1 is 1.57 bits per heavy atom. The Labute approximate surface area is 147 Å². The van der Waals surface area contributed by atoms with Crippen LogP contribution in [0.5, 0.6) is 0 Å². The quantitative estimate of drug-likeness (QED) is 0.128. The number of thiophene rings is 1. The van der Waals surface area contributed by atoms with E-state index in [1.807, 2.05) is 0 Å². The van der Waals surface area contributed by atoms with E-state index < -0.39 is 28.2 Å². The van der Waals surface area contributed by atoms with E-state index in [4.69, 9.17) is 9.76 Å². The van der Waals surface area contributed by atoms with Gasteiger partial charge in [-0.15, -0.1) is 11.3 Å². The van der Waals surface area contributed by atoms with Crippen LogP contribution in [0, 0.1) is 0 Å². The summed E-state index contributed by atoms with van der Waals surface area (Å²) in [6, 6.07) is 2.11. The molecular formula is C9H10N3NaO6S2. The summed E-state index contributed by atoms with van der Waals surface area (Å²) in [5.74, 6) is -1.77. The molecule has 1 aliphatic heterocycles. The third-order valence-corrected chi connectivity index (χ3v) is 4.31. The summed E-state index contributed by atoms with van der Waals surface area (Å²) in [6.07, 6.45) is 0. The van der Waals surface area contributed by atoms with Gasteiger partial charge < -0.3 is 12.0 Å². The normalized spacial score (nSPS) is 18.7. The molecular weight excluding hydrogens is 333 g/mol. The number of hydrogen-bond acceptors (Lipinski definition) is 7. The number of oxime groups is 1. The molecule has 1 aromatic heterocycles. The molecule has 0 aliphatic carbocycles. The SMILES string of the molecule is O=C(NC1CN(S(=O)(=O)O)C1=O)C(=NO)c1cccs1.[H-].[Na+]. The van der Waals surface area contributed by atoms with E-state index in [2.05, 4.69) is 10.5 Å². The molecule has 2 heterocycles. The summed E-state index contributed by atoms with van der Waals surface area (Å²) < 4.78 is 30.3. The molecule has 2 amide bonds. The van der Waals surface area contributed by atoms with Crippen molar-refractivity contribution in [3.63, 3.8) is 0 Å². The fourth-order valence-corrected chi connectivity index (χ4v) is 2.96. The third kappa shape index (κ3) is 3.81. The van der Waals surface area contributed by atoms with Crippen molar-refractivity contribution in [2.45, 2.75) is 6.04 Å². The van der Waals surface area contributed by atoms with Gasteiger partial charge in [0.2, 0.25) is 0 Å². The van der Waals surface area contributed by atoms with Crippen molar-refractivity contribution in [1.29, 1.82) is 0 Å². The number of amides is 2. The fourth-order valence-electron chi connectivity index (χ4n) is 1.56. The van der Waals surface area contributed by atoms with Crippen LogP contribution in [0.15, 0.2) is 22.7 Å². The van der Waals surface area contributed by atoms with E-state index >= 15 is 0 Å². The smallest absolute Gasteiger partial charge is 1.00 e. The monoisotopic (exact) mass is 343 g/mol. The van der Waals surface area contributed by atoms with Crippen molar-refractivity contribution in [1.82, 2.24) is 9.62 Å². The Balaban J connectivity index is 0.00000220. The van der Waals surface area contributed by atoms with Gasteiger partial charge in [-0.3, -0.25) is 14.1 Å². The number of carbonyl (C=O) groups excluding carboxylic acids is 2. The number of nitrogens with one attached hydrogen (secondary N) is 1. The molecule has 12 heteroatoms. The molecule has 21 heavy (non-hydrogen) atoms. The molecule has 110 valence electrons. The topological polar surface area (TPSA) is 136 Å². The Bertz CT molecular complexity index is 678. The van der Waals surface area contributed by atoms with Crippen molar-refractivity contribution in [3.05, 3.63) is 22.4 Å². The van der Waals surface area contributed by atoms with Gasteiger partial charge >= 0.3 is 39.9 Å². The predicted molar refractivity (Wildman–Crippen MR) is 68.9 cm³/mol. The van der Waals surface area contributed by atoms with Crippen LogP contribution in [-0.2, 0) is 19.9 Å². The van der Waals surface area contributed by atoms with Crippen molar-refractivity contribution in [3.8, 4) is 0 Å². The minimum atomic E-state index is -4.60. The molecule has 0 radical (unpaired) electrons. The largest absolute Gasteiger partial charge is 1.00 e. The van der Waals surface area contributed by atoms with Crippen molar-refractivity contribution < 1.29 is 58.8 Å². The molecule has 1 fully saturated rings. The summed E-state index contributed by atoms with van der Waals surface area (Å²) in [4.78, 5) is 23.6. The van der Waals surface area contributed by atoms with Crippen molar-refractivity contribution in [2.75, 3.05) is 6.54 Å². The molecule has 1 aliphatic rings. The van der Waals surface area contributed by atoms with E-state index in [0.717, 1.165) is 11.3 Å². The second-order valence-corrected chi connectivity index (χ2v) is 6.08. The second-order valence-electron chi connectivity index (χ2n) is 3.80. The number of β-lactam (4-membered cyclic amide) rings is 1. The number of nitrogens with zero attached hydrogens (tertiary/aromatic N) is 2. The van der Waals surface area contributed by atoms with Crippen LogP contribution in [-0.4, -0.2) is 52.6 Å². The first-order chi connectivity index (χ1) is 9.34. The molecule has 0 bridgehead atoms. The minimum absolute atomic E-state index is 0. The van der Waals surface area contributed by atoms with Gasteiger partial charge in [0.15, 0.2) is 5.71 Å². The number of rotatable bonds is 4. The van der Waals surface area contributed by atoms with Gasteiger partial charge in [0, 0.05) is 0 Å². The molecule has 2 rings (SSSR count). The van der Waals surface area contributed by atoms with Crippen LogP contribution in [0.2, 0.25) is 0 Å². The first-order valence-electron chi connectivity index (χ1n) is 5.20. The van der Waals surface area contributed by atoms with Gasteiger partial charge in [0.1, 0.15) is 6.04 Å². The summed E-state index contributed by atoms with van der Waals surface area (Å²) in [6.45, 7) is -0.368. The maximum atomic E-state index is 11.8.